The molecule has 0 amide bonds. The van der Waals surface area contributed by atoms with Crippen LogP contribution < -0.4 is 10.6 Å². The molecule has 1 aliphatic rings. The molecule has 0 heterocycles. The molecule has 19 heavy (non-hydrogen) atoms. The summed E-state index contributed by atoms with van der Waals surface area (Å²) in [6, 6.07) is 0. The molecule has 1 fully saturated rings. The van der Waals surface area contributed by atoms with Gasteiger partial charge in [0.15, 0.2) is 5.96 Å². The van der Waals surface area contributed by atoms with Gasteiger partial charge in [-0.1, -0.05) is 12.8 Å². The van der Waals surface area contributed by atoms with E-state index in [2.05, 4.69) is 15.6 Å². The highest BCUT2D eigenvalue weighted by Gasteiger charge is 2.30. The van der Waals surface area contributed by atoms with Crippen molar-refractivity contribution in [3.8, 4) is 0 Å². The molecule has 0 atom stereocenters. The van der Waals surface area contributed by atoms with Crippen LogP contribution in [0.5, 0.6) is 0 Å². The molecular weight excluding hydrogens is 357 g/mol. The first kappa shape index (κ1) is 18.9. The molecule has 0 spiro atoms. The predicted molar refractivity (Wildman–Crippen MR) is 89.3 cm³/mol. The quantitative estimate of drug-likeness (QED) is 0.269. The van der Waals surface area contributed by atoms with E-state index < -0.39 is 5.60 Å². The number of ether oxygens (including phenoxy) is 1. The fourth-order valence-corrected chi connectivity index (χ4v) is 2.15. The Morgan fingerprint density at radius 3 is 2.53 bits per heavy atom. The van der Waals surface area contributed by atoms with Crippen molar-refractivity contribution in [3.63, 3.8) is 0 Å². The smallest absolute Gasteiger partial charge is 0.191 e. The van der Waals surface area contributed by atoms with E-state index in [0.717, 1.165) is 51.3 Å². The summed E-state index contributed by atoms with van der Waals surface area (Å²) in [5.74, 6) is 0.762. The lowest BCUT2D eigenvalue weighted by molar-refractivity contribution is 0.0574. The van der Waals surface area contributed by atoms with Crippen LogP contribution in [0.15, 0.2) is 4.99 Å². The summed E-state index contributed by atoms with van der Waals surface area (Å²) in [6.45, 7) is 7.45. The van der Waals surface area contributed by atoms with Crippen molar-refractivity contribution < 1.29 is 9.84 Å². The zero-order chi connectivity index (χ0) is 13.3. The van der Waals surface area contributed by atoms with Gasteiger partial charge in [0.2, 0.25) is 0 Å². The van der Waals surface area contributed by atoms with Gasteiger partial charge in [-0.05, 0) is 26.7 Å². The van der Waals surface area contributed by atoms with E-state index in [0.29, 0.717) is 13.2 Å². The van der Waals surface area contributed by atoms with Crippen LogP contribution in [0.4, 0.5) is 0 Å². The molecule has 0 saturated heterocycles. The van der Waals surface area contributed by atoms with Crippen LogP contribution in [-0.4, -0.2) is 49.5 Å². The number of guanidine groups is 1. The summed E-state index contributed by atoms with van der Waals surface area (Å²) in [5.41, 5.74) is -0.581. The lowest BCUT2D eigenvalue weighted by Crippen LogP contribution is -2.40. The molecule has 0 aromatic rings. The minimum absolute atomic E-state index is 0. The molecule has 3 N–H and O–H groups in total. The number of nitrogens with one attached hydrogen (secondary N) is 2. The van der Waals surface area contributed by atoms with Gasteiger partial charge >= 0.3 is 0 Å². The summed E-state index contributed by atoms with van der Waals surface area (Å²) in [6.07, 6.45) is 3.96. The highest BCUT2D eigenvalue weighted by molar-refractivity contribution is 14.0. The van der Waals surface area contributed by atoms with Crippen molar-refractivity contribution in [1.29, 1.82) is 0 Å². The average molecular weight is 385 g/mol. The van der Waals surface area contributed by atoms with Crippen LogP contribution in [0.1, 0.15) is 39.5 Å². The van der Waals surface area contributed by atoms with Gasteiger partial charge in [-0.2, -0.15) is 0 Å². The Morgan fingerprint density at radius 1 is 1.26 bits per heavy atom. The first-order valence-electron chi connectivity index (χ1n) is 7.02. The van der Waals surface area contributed by atoms with Gasteiger partial charge < -0.3 is 20.5 Å². The van der Waals surface area contributed by atoms with Crippen molar-refractivity contribution in [3.05, 3.63) is 0 Å². The molecule has 114 valence electrons. The van der Waals surface area contributed by atoms with E-state index in [1.165, 1.54) is 0 Å². The van der Waals surface area contributed by atoms with Crippen LogP contribution in [0.3, 0.4) is 0 Å². The molecule has 0 radical (unpaired) electrons. The number of aliphatic hydroxyl groups is 1. The van der Waals surface area contributed by atoms with Gasteiger partial charge in [0.05, 0.1) is 18.8 Å². The molecule has 0 aromatic heterocycles. The lowest BCUT2D eigenvalue weighted by Gasteiger charge is -2.20. The maximum absolute atomic E-state index is 10.2. The van der Waals surface area contributed by atoms with Crippen LogP contribution >= 0.6 is 24.0 Å². The third-order valence-electron chi connectivity index (χ3n) is 3.15. The lowest BCUT2D eigenvalue weighted by atomic mass is 10.0. The summed E-state index contributed by atoms with van der Waals surface area (Å²) < 4.78 is 5.27. The van der Waals surface area contributed by atoms with Crippen LogP contribution in [0, 0.1) is 0 Å². The molecule has 0 bridgehead atoms. The Kier molecular flexibility index (Phi) is 10.6. The van der Waals surface area contributed by atoms with Gasteiger partial charge in [0, 0.05) is 19.7 Å². The monoisotopic (exact) mass is 385 g/mol. The van der Waals surface area contributed by atoms with Gasteiger partial charge in [-0.25, -0.2) is 0 Å². The van der Waals surface area contributed by atoms with Crippen molar-refractivity contribution in [2.45, 2.75) is 45.1 Å². The molecular formula is C13H28IN3O2. The molecule has 6 heteroatoms. The molecule has 0 aromatic carbocycles. The number of hydrogen-bond donors (Lipinski definition) is 3. The van der Waals surface area contributed by atoms with Crippen LogP contribution in [-0.2, 0) is 4.74 Å². The first-order valence-corrected chi connectivity index (χ1v) is 7.02. The molecule has 0 unspecified atom stereocenters. The maximum atomic E-state index is 10.2. The average Bonchev–Trinajstić information content (AvgIpc) is 2.79. The summed E-state index contributed by atoms with van der Waals surface area (Å²) in [7, 11) is 0. The fraction of sp³-hybridized carbons (Fsp3) is 0.923. The van der Waals surface area contributed by atoms with E-state index in [-0.39, 0.29) is 24.0 Å². The van der Waals surface area contributed by atoms with Gasteiger partial charge in [-0.15, -0.1) is 24.0 Å². The number of aliphatic imine (C=N–C) groups is 1. The van der Waals surface area contributed by atoms with E-state index >= 15 is 0 Å². The second-order valence-electron chi connectivity index (χ2n) is 4.75. The number of rotatable bonds is 7. The zero-order valence-electron chi connectivity index (χ0n) is 12.1. The van der Waals surface area contributed by atoms with Gasteiger partial charge in [0.25, 0.3) is 0 Å². The normalized spacial score (nSPS) is 17.9. The van der Waals surface area contributed by atoms with E-state index in [9.17, 15) is 5.11 Å². The van der Waals surface area contributed by atoms with E-state index in [4.69, 9.17) is 4.74 Å². The zero-order valence-corrected chi connectivity index (χ0v) is 14.4. The Labute approximate surface area is 133 Å². The highest BCUT2D eigenvalue weighted by atomic mass is 127. The Bertz CT molecular complexity index is 256. The van der Waals surface area contributed by atoms with Crippen molar-refractivity contribution in [2.75, 3.05) is 32.8 Å². The third kappa shape index (κ3) is 7.94. The van der Waals surface area contributed by atoms with Crippen molar-refractivity contribution >= 4 is 29.9 Å². The SMILES string of the molecule is CCNC(=NCC1(O)CCCC1)NCCOCC.I. The maximum Gasteiger partial charge on any atom is 0.191 e. The number of halogens is 1. The minimum Gasteiger partial charge on any atom is -0.388 e. The van der Waals surface area contributed by atoms with Gasteiger partial charge in [0.1, 0.15) is 0 Å². The minimum atomic E-state index is -0.581. The highest BCUT2D eigenvalue weighted by Crippen LogP contribution is 2.29. The van der Waals surface area contributed by atoms with Crippen molar-refractivity contribution in [2.24, 2.45) is 4.99 Å². The molecule has 0 aliphatic heterocycles. The second kappa shape index (κ2) is 10.7. The summed E-state index contributed by atoms with van der Waals surface area (Å²) in [4.78, 5) is 4.45. The van der Waals surface area contributed by atoms with E-state index in [1.807, 2.05) is 13.8 Å². The first-order chi connectivity index (χ1) is 8.70. The fourth-order valence-electron chi connectivity index (χ4n) is 2.15. The Morgan fingerprint density at radius 2 is 1.95 bits per heavy atom. The molecule has 1 aliphatic carbocycles. The molecule has 1 rings (SSSR count). The van der Waals surface area contributed by atoms with Gasteiger partial charge in [-0.3, -0.25) is 4.99 Å². The third-order valence-corrected chi connectivity index (χ3v) is 3.15. The Hall–Kier alpha value is -0.0800. The predicted octanol–water partition coefficient (Wildman–Crippen LogP) is 1.50. The standard InChI is InChI=1S/C13H27N3O2.HI/c1-3-14-12(15-9-10-18-4-2)16-11-13(17)7-5-6-8-13;/h17H,3-11H2,1-2H3,(H2,14,15,16);1H. The Balaban J connectivity index is 0.00000324. The van der Waals surface area contributed by atoms with Crippen LogP contribution in [0.2, 0.25) is 0 Å². The van der Waals surface area contributed by atoms with Crippen molar-refractivity contribution in [1.82, 2.24) is 10.6 Å². The number of nitrogens with zero attached hydrogens (tertiary/aromatic N) is 1. The second-order valence-corrected chi connectivity index (χ2v) is 4.75. The number of hydrogen-bond acceptors (Lipinski definition) is 3. The topological polar surface area (TPSA) is 65.9 Å². The molecule has 1 saturated carbocycles. The largest absolute Gasteiger partial charge is 0.388 e. The summed E-state index contributed by atoms with van der Waals surface area (Å²) >= 11 is 0. The van der Waals surface area contributed by atoms with E-state index in [1.54, 1.807) is 0 Å². The van der Waals surface area contributed by atoms with Crippen LogP contribution in [0.25, 0.3) is 0 Å². The summed E-state index contributed by atoms with van der Waals surface area (Å²) in [5, 5.41) is 16.6. The molecule has 5 nitrogen and oxygen atoms in total.